The zero-order valence-corrected chi connectivity index (χ0v) is 14.9. The molecule has 0 aliphatic carbocycles. The number of carbonyl (C=O) groups is 3. The first-order valence-electron chi connectivity index (χ1n) is 8.24. The van der Waals surface area contributed by atoms with E-state index in [2.05, 4.69) is 15.7 Å². The van der Waals surface area contributed by atoms with Gasteiger partial charge in [0.25, 0.3) is 11.8 Å². The highest BCUT2D eigenvalue weighted by molar-refractivity contribution is 6.06. The van der Waals surface area contributed by atoms with Gasteiger partial charge in [0.05, 0.1) is 11.9 Å². The molecule has 0 atom stereocenters. The van der Waals surface area contributed by atoms with E-state index in [4.69, 9.17) is 0 Å². The molecule has 0 fully saturated rings. The van der Waals surface area contributed by atoms with Crippen molar-refractivity contribution in [1.82, 2.24) is 15.1 Å². The van der Waals surface area contributed by atoms with Gasteiger partial charge in [-0.2, -0.15) is 5.10 Å². The number of aromatic nitrogens is 2. The highest BCUT2D eigenvalue weighted by Gasteiger charge is 2.30. The Bertz CT molecular complexity index is 826. The van der Waals surface area contributed by atoms with Crippen LogP contribution in [0.2, 0.25) is 0 Å². The standard InChI is InChI=1S/C18H22N4O4/c1-4-8-19-15(23)12-6-5-7-13(9-12)16(24)21-14-10-20-22(11-14)18(2,3)17(25)26/h5-7,9-11H,4,8H2,1-3H3,(H,19,23)(H,21,24)(H,25,26). The van der Waals surface area contributed by atoms with Crippen molar-refractivity contribution in [3.05, 3.63) is 47.8 Å². The summed E-state index contributed by atoms with van der Waals surface area (Å²) in [4.78, 5) is 35.7. The lowest BCUT2D eigenvalue weighted by atomic mass is 10.1. The number of carbonyl (C=O) groups excluding carboxylic acids is 2. The molecule has 2 rings (SSSR count). The molecular weight excluding hydrogens is 336 g/mol. The summed E-state index contributed by atoms with van der Waals surface area (Å²) in [6, 6.07) is 6.37. The van der Waals surface area contributed by atoms with Gasteiger partial charge in [-0.05, 0) is 38.5 Å². The van der Waals surface area contributed by atoms with Crippen LogP contribution in [0.3, 0.4) is 0 Å². The van der Waals surface area contributed by atoms with E-state index in [1.807, 2.05) is 6.92 Å². The maximum Gasteiger partial charge on any atom is 0.331 e. The number of carboxylic acids is 1. The van der Waals surface area contributed by atoms with Crippen molar-refractivity contribution in [1.29, 1.82) is 0 Å². The number of amides is 2. The molecule has 0 aliphatic heterocycles. The number of nitrogens with one attached hydrogen (secondary N) is 2. The van der Waals surface area contributed by atoms with E-state index in [-0.39, 0.29) is 5.91 Å². The molecule has 8 nitrogen and oxygen atoms in total. The van der Waals surface area contributed by atoms with Gasteiger partial charge in [0.15, 0.2) is 5.54 Å². The summed E-state index contributed by atoms with van der Waals surface area (Å²) in [6.07, 6.45) is 3.65. The van der Waals surface area contributed by atoms with Gasteiger partial charge in [0.2, 0.25) is 0 Å². The summed E-state index contributed by atoms with van der Waals surface area (Å²) in [5, 5.41) is 18.6. The Kier molecular flexibility index (Phi) is 5.76. The molecule has 0 saturated heterocycles. The van der Waals surface area contributed by atoms with Crippen LogP contribution in [0.4, 0.5) is 5.69 Å². The third kappa shape index (κ3) is 4.27. The second-order valence-electron chi connectivity index (χ2n) is 6.33. The molecule has 0 unspecified atom stereocenters. The van der Waals surface area contributed by atoms with Crippen molar-refractivity contribution in [2.24, 2.45) is 0 Å². The van der Waals surface area contributed by atoms with E-state index < -0.39 is 17.4 Å². The molecule has 1 aromatic heterocycles. The predicted octanol–water partition coefficient (Wildman–Crippen LogP) is 2.09. The highest BCUT2D eigenvalue weighted by atomic mass is 16.4. The van der Waals surface area contributed by atoms with Crippen LogP contribution in [-0.2, 0) is 10.3 Å². The van der Waals surface area contributed by atoms with Crippen molar-refractivity contribution in [3.63, 3.8) is 0 Å². The molecule has 2 amide bonds. The van der Waals surface area contributed by atoms with E-state index >= 15 is 0 Å². The highest BCUT2D eigenvalue weighted by Crippen LogP contribution is 2.18. The first kappa shape index (κ1) is 19.2. The van der Waals surface area contributed by atoms with Crippen molar-refractivity contribution in [3.8, 4) is 0 Å². The number of aliphatic carboxylic acids is 1. The average molecular weight is 358 g/mol. The van der Waals surface area contributed by atoms with Gasteiger partial charge in [0.1, 0.15) is 0 Å². The number of rotatable bonds is 7. The van der Waals surface area contributed by atoms with Crippen LogP contribution in [0.1, 0.15) is 47.9 Å². The topological polar surface area (TPSA) is 113 Å². The van der Waals surface area contributed by atoms with Gasteiger partial charge in [-0.15, -0.1) is 0 Å². The molecule has 1 heterocycles. The minimum Gasteiger partial charge on any atom is -0.479 e. The third-order valence-corrected chi connectivity index (χ3v) is 3.86. The zero-order valence-electron chi connectivity index (χ0n) is 14.9. The average Bonchev–Trinajstić information content (AvgIpc) is 3.08. The quantitative estimate of drug-likeness (QED) is 0.701. The van der Waals surface area contributed by atoms with Crippen LogP contribution in [0.15, 0.2) is 36.7 Å². The van der Waals surface area contributed by atoms with Crippen LogP contribution in [0.25, 0.3) is 0 Å². The van der Waals surface area contributed by atoms with Gasteiger partial charge >= 0.3 is 5.97 Å². The zero-order chi connectivity index (χ0) is 19.3. The maximum atomic E-state index is 12.4. The van der Waals surface area contributed by atoms with Gasteiger partial charge in [-0.3, -0.25) is 14.3 Å². The first-order chi connectivity index (χ1) is 12.3. The van der Waals surface area contributed by atoms with Crippen LogP contribution >= 0.6 is 0 Å². The summed E-state index contributed by atoms with van der Waals surface area (Å²) < 4.78 is 1.26. The van der Waals surface area contributed by atoms with Crippen LogP contribution in [0, 0.1) is 0 Å². The Balaban J connectivity index is 2.12. The van der Waals surface area contributed by atoms with Crippen LogP contribution in [0.5, 0.6) is 0 Å². The lowest BCUT2D eigenvalue weighted by Gasteiger charge is -2.19. The van der Waals surface area contributed by atoms with E-state index in [9.17, 15) is 19.5 Å². The summed E-state index contributed by atoms with van der Waals surface area (Å²) in [7, 11) is 0. The van der Waals surface area contributed by atoms with Gasteiger partial charge in [-0.25, -0.2) is 4.79 Å². The first-order valence-corrected chi connectivity index (χ1v) is 8.24. The van der Waals surface area contributed by atoms with Crippen molar-refractivity contribution in [2.75, 3.05) is 11.9 Å². The number of hydrogen-bond donors (Lipinski definition) is 3. The number of benzene rings is 1. The lowest BCUT2D eigenvalue weighted by molar-refractivity contribution is -0.146. The SMILES string of the molecule is CCCNC(=O)c1cccc(C(=O)Nc2cnn(C(C)(C)C(=O)O)c2)c1. The summed E-state index contributed by atoms with van der Waals surface area (Å²) in [5.74, 6) is -1.69. The van der Waals surface area contributed by atoms with E-state index in [0.717, 1.165) is 6.42 Å². The number of hydrogen-bond acceptors (Lipinski definition) is 4. The Labute approximate surface area is 151 Å². The number of anilines is 1. The van der Waals surface area contributed by atoms with Gasteiger partial charge in [-0.1, -0.05) is 13.0 Å². The second-order valence-corrected chi connectivity index (χ2v) is 6.33. The van der Waals surface area contributed by atoms with Gasteiger partial charge in [0, 0.05) is 23.9 Å². The van der Waals surface area contributed by atoms with Crippen molar-refractivity contribution in [2.45, 2.75) is 32.7 Å². The molecule has 26 heavy (non-hydrogen) atoms. The fourth-order valence-electron chi connectivity index (χ4n) is 2.14. The molecule has 3 N–H and O–H groups in total. The third-order valence-electron chi connectivity index (χ3n) is 3.86. The molecular formula is C18H22N4O4. The van der Waals surface area contributed by atoms with Gasteiger partial charge < -0.3 is 15.7 Å². The molecule has 0 saturated carbocycles. The molecule has 8 heteroatoms. The van der Waals surface area contributed by atoms with Crippen molar-refractivity contribution < 1.29 is 19.5 Å². The Morgan fingerprint density at radius 3 is 2.46 bits per heavy atom. The minimum absolute atomic E-state index is 0.238. The monoisotopic (exact) mass is 358 g/mol. The maximum absolute atomic E-state index is 12.4. The molecule has 1 aromatic carbocycles. The largest absolute Gasteiger partial charge is 0.479 e. The molecule has 0 radical (unpaired) electrons. The fraction of sp³-hybridized carbons (Fsp3) is 0.333. The normalized spacial score (nSPS) is 11.0. The fourth-order valence-corrected chi connectivity index (χ4v) is 2.14. The van der Waals surface area contributed by atoms with E-state index in [1.165, 1.54) is 37.0 Å². The predicted molar refractivity (Wildman–Crippen MR) is 96.2 cm³/mol. The number of carboxylic acid groups (broad SMARTS) is 1. The van der Waals surface area contributed by atoms with E-state index in [0.29, 0.717) is 23.4 Å². The molecule has 2 aromatic rings. The summed E-state index contributed by atoms with van der Waals surface area (Å²) >= 11 is 0. The minimum atomic E-state index is -1.24. The summed E-state index contributed by atoms with van der Waals surface area (Å²) in [5.41, 5.74) is -0.154. The Morgan fingerprint density at radius 2 is 1.85 bits per heavy atom. The molecule has 138 valence electrons. The van der Waals surface area contributed by atoms with Crippen molar-refractivity contribution >= 4 is 23.5 Å². The second kappa shape index (κ2) is 7.81. The molecule has 0 spiro atoms. The Hall–Kier alpha value is -3.16. The molecule has 0 bridgehead atoms. The smallest absolute Gasteiger partial charge is 0.331 e. The van der Waals surface area contributed by atoms with Crippen LogP contribution < -0.4 is 10.6 Å². The van der Waals surface area contributed by atoms with Crippen LogP contribution in [-0.4, -0.2) is 39.2 Å². The number of nitrogens with zero attached hydrogens (tertiary/aromatic N) is 2. The molecule has 0 aliphatic rings. The lowest BCUT2D eigenvalue weighted by Crippen LogP contribution is -2.35. The summed E-state index contributed by atoms with van der Waals surface area (Å²) in [6.45, 7) is 5.53. The Morgan fingerprint density at radius 1 is 1.19 bits per heavy atom. The van der Waals surface area contributed by atoms with E-state index in [1.54, 1.807) is 18.2 Å².